The van der Waals surface area contributed by atoms with Crippen molar-refractivity contribution in [3.05, 3.63) is 22.3 Å². The second-order valence-corrected chi connectivity index (χ2v) is 4.59. The first kappa shape index (κ1) is 11.3. The predicted octanol–water partition coefficient (Wildman–Crippen LogP) is 0.983. The second-order valence-electron chi connectivity index (χ2n) is 4.59. The van der Waals surface area contributed by atoms with Crippen LogP contribution < -0.4 is 9.47 Å². The van der Waals surface area contributed by atoms with Crippen molar-refractivity contribution in [1.29, 1.82) is 0 Å². The van der Waals surface area contributed by atoms with Crippen LogP contribution in [0, 0.1) is 6.92 Å². The first-order chi connectivity index (χ1) is 8.61. The molecule has 0 saturated carbocycles. The van der Waals surface area contributed by atoms with Gasteiger partial charge in [-0.25, -0.2) is 4.79 Å². The average Bonchev–Trinajstić information content (AvgIpc) is 2.96. The van der Waals surface area contributed by atoms with Crippen LogP contribution in [0.25, 0.3) is 0 Å². The highest BCUT2D eigenvalue weighted by atomic mass is 16.5. The van der Waals surface area contributed by atoms with Crippen LogP contribution in [-0.4, -0.2) is 29.4 Å². The topological polar surface area (TPSA) is 76.0 Å². The summed E-state index contributed by atoms with van der Waals surface area (Å²) < 4.78 is 11.1. The van der Waals surface area contributed by atoms with Gasteiger partial charge in [0.15, 0.2) is 6.10 Å². The lowest BCUT2D eigenvalue weighted by atomic mass is 9.92. The smallest absolute Gasteiger partial charge is 0.337 e. The fourth-order valence-corrected chi connectivity index (χ4v) is 2.79. The summed E-state index contributed by atoms with van der Waals surface area (Å²) in [6.45, 7) is 3.01. The first-order valence-corrected chi connectivity index (χ1v) is 5.96. The number of aliphatic hydroxyl groups is 1. The summed E-state index contributed by atoms with van der Waals surface area (Å²) in [7, 11) is 0. The summed E-state index contributed by atoms with van der Waals surface area (Å²) >= 11 is 0. The molecule has 5 nitrogen and oxygen atoms in total. The number of carboxylic acids is 1. The highest BCUT2D eigenvalue weighted by molar-refractivity contribution is 5.78. The number of hydrogen-bond donors (Lipinski definition) is 2. The Hall–Kier alpha value is -1.75. The summed E-state index contributed by atoms with van der Waals surface area (Å²) in [4.78, 5) is 11.0. The summed E-state index contributed by atoms with van der Waals surface area (Å²) in [5, 5.41) is 18.9. The highest BCUT2D eigenvalue weighted by Crippen LogP contribution is 2.46. The molecule has 5 heteroatoms. The SMILES string of the molecule is Cc1c2c(c(C(O)C(=O)O)c3c1OCC3)OCC2. The van der Waals surface area contributed by atoms with Crippen LogP contribution in [0.1, 0.15) is 28.4 Å². The molecule has 0 bridgehead atoms. The number of aliphatic carboxylic acids is 1. The van der Waals surface area contributed by atoms with E-state index in [1.165, 1.54) is 0 Å². The molecule has 1 aromatic rings. The van der Waals surface area contributed by atoms with Crippen molar-refractivity contribution < 1.29 is 24.5 Å². The minimum absolute atomic E-state index is 0.383. The molecule has 0 radical (unpaired) electrons. The predicted molar refractivity (Wildman–Crippen MR) is 62.2 cm³/mol. The number of carbonyl (C=O) groups is 1. The van der Waals surface area contributed by atoms with Crippen LogP contribution in [0.5, 0.6) is 11.5 Å². The third-order valence-electron chi connectivity index (χ3n) is 3.62. The third-order valence-corrected chi connectivity index (χ3v) is 3.62. The second kappa shape index (κ2) is 3.88. The van der Waals surface area contributed by atoms with Crippen molar-refractivity contribution in [2.24, 2.45) is 0 Å². The molecule has 18 heavy (non-hydrogen) atoms. The molecule has 1 aromatic carbocycles. The van der Waals surface area contributed by atoms with E-state index in [1.807, 2.05) is 6.92 Å². The molecule has 0 aliphatic carbocycles. The number of hydrogen-bond acceptors (Lipinski definition) is 4. The van der Waals surface area contributed by atoms with Crippen LogP contribution in [-0.2, 0) is 17.6 Å². The van der Waals surface area contributed by atoms with Gasteiger partial charge in [0.05, 0.1) is 13.2 Å². The van der Waals surface area contributed by atoms with Gasteiger partial charge in [-0.1, -0.05) is 0 Å². The van der Waals surface area contributed by atoms with Gasteiger partial charge in [-0.05, 0) is 12.5 Å². The highest BCUT2D eigenvalue weighted by Gasteiger charge is 2.34. The number of carboxylic acid groups (broad SMARTS) is 1. The molecule has 1 atom stereocenters. The Morgan fingerprint density at radius 3 is 2.44 bits per heavy atom. The largest absolute Gasteiger partial charge is 0.493 e. The Labute approximate surface area is 104 Å². The lowest BCUT2D eigenvalue weighted by Gasteiger charge is -2.17. The monoisotopic (exact) mass is 250 g/mol. The van der Waals surface area contributed by atoms with E-state index in [0.717, 1.165) is 28.9 Å². The van der Waals surface area contributed by atoms with E-state index in [-0.39, 0.29) is 0 Å². The van der Waals surface area contributed by atoms with Gasteiger partial charge in [0.25, 0.3) is 0 Å². The summed E-state index contributed by atoms with van der Waals surface area (Å²) in [6, 6.07) is 0. The van der Waals surface area contributed by atoms with E-state index in [1.54, 1.807) is 0 Å². The average molecular weight is 250 g/mol. The molecule has 96 valence electrons. The Bertz CT molecular complexity index is 500. The van der Waals surface area contributed by atoms with E-state index < -0.39 is 12.1 Å². The normalized spacial score (nSPS) is 17.7. The lowest BCUT2D eigenvalue weighted by molar-refractivity contribution is -0.147. The van der Waals surface area contributed by atoms with Gasteiger partial charge in [0.1, 0.15) is 11.5 Å². The molecule has 2 aliphatic heterocycles. The minimum atomic E-state index is -1.55. The molecule has 2 heterocycles. The van der Waals surface area contributed by atoms with Crippen LogP contribution in [0.2, 0.25) is 0 Å². The van der Waals surface area contributed by atoms with Gasteiger partial charge in [-0.15, -0.1) is 0 Å². The molecule has 0 fully saturated rings. The zero-order valence-electron chi connectivity index (χ0n) is 10.0. The van der Waals surface area contributed by atoms with Gasteiger partial charge in [-0.3, -0.25) is 0 Å². The van der Waals surface area contributed by atoms with E-state index >= 15 is 0 Å². The molecule has 0 aromatic heterocycles. The molecule has 0 amide bonds. The van der Waals surface area contributed by atoms with E-state index in [9.17, 15) is 9.90 Å². The molecule has 2 aliphatic rings. The zero-order chi connectivity index (χ0) is 12.9. The summed E-state index contributed by atoms with van der Waals surface area (Å²) in [6.07, 6.45) is -0.197. The van der Waals surface area contributed by atoms with Gasteiger partial charge in [0, 0.05) is 29.5 Å². The summed E-state index contributed by atoms with van der Waals surface area (Å²) in [5.74, 6) is 0.0202. The van der Waals surface area contributed by atoms with E-state index in [0.29, 0.717) is 30.9 Å². The molecule has 0 spiro atoms. The molecular formula is C13H14O5. The number of benzene rings is 1. The van der Waals surface area contributed by atoms with Crippen LogP contribution in [0.4, 0.5) is 0 Å². The molecule has 2 N–H and O–H groups in total. The summed E-state index contributed by atoms with van der Waals surface area (Å²) in [5.41, 5.74) is 3.14. The zero-order valence-corrected chi connectivity index (χ0v) is 10.0. The standard InChI is InChI=1S/C13H14O5/c1-6-7-2-4-18-12(7)9(10(14)13(15)16)8-3-5-17-11(6)8/h10,14H,2-5H2,1H3,(H,15,16). The van der Waals surface area contributed by atoms with Crippen molar-refractivity contribution >= 4 is 5.97 Å². The molecule has 0 saturated heterocycles. The number of ether oxygens (including phenoxy) is 2. The Morgan fingerprint density at radius 2 is 1.78 bits per heavy atom. The van der Waals surface area contributed by atoms with Gasteiger partial charge < -0.3 is 19.7 Å². The van der Waals surface area contributed by atoms with Gasteiger partial charge in [-0.2, -0.15) is 0 Å². The van der Waals surface area contributed by atoms with Crippen molar-refractivity contribution in [2.45, 2.75) is 25.9 Å². The Kier molecular flexibility index (Phi) is 2.45. The lowest BCUT2D eigenvalue weighted by Crippen LogP contribution is -2.14. The molecular weight excluding hydrogens is 236 g/mol. The van der Waals surface area contributed by atoms with E-state index in [2.05, 4.69) is 0 Å². The Morgan fingerprint density at radius 1 is 1.17 bits per heavy atom. The van der Waals surface area contributed by atoms with Gasteiger partial charge in [0.2, 0.25) is 0 Å². The fourth-order valence-electron chi connectivity index (χ4n) is 2.79. The van der Waals surface area contributed by atoms with Crippen LogP contribution >= 0.6 is 0 Å². The maximum Gasteiger partial charge on any atom is 0.337 e. The fraction of sp³-hybridized carbons (Fsp3) is 0.462. The van der Waals surface area contributed by atoms with E-state index in [4.69, 9.17) is 14.6 Å². The number of rotatable bonds is 2. The minimum Gasteiger partial charge on any atom is -0.493 e. The van der Waals surface area contributed by atoms with Crippen LogP contribution in [0.15, 0.2) is 0 Å². The maximum absolute atomic E-state index is 11.0. The molecule has 1 unspecified atom stereocenters. The number of aliphatic hydroxyl groups excluding tert-OH is 1. The van der Waals surface area contributed by atoms with Gasteiger partial charge >= 0.3 is 5.97 Å². The number of fused-ring (bicyclic) bond motifs is 2. The quantitative estimate of drug-likeness (QED) is 0.818. The van der Waals surface area contributed by atoms with Crippen molar-refractivity contribution in [3.8, 4) is 11.5 Å². The van der Waals surface area contributed by atoms with Crippen molar-refractivity contribution in [2.75, 3.05) is 13.2 Å². The van der Waals surface area contributed by atoms with Crippen molar-refractivity contribution in [1.82, 2.24) is 0 Å². The molecule has 3 rings (SSSR count). The first-order valence-electron chi connectivity index (χ1n) is 5.96. The van der Waals surface area contributed by atoms with Crippen LogP contribution in [0.3, 0.4) is 0 Å². The maximum atomic E-state index is 11.0. The Balaban J connectivity index is 2.27. The van der Waals surface area contributed by atoms with Crippen molar-refractivity contribution in [3.63, 3.8) is 0 Å². The third kappa shape index (κ3) is 1.40.